The van der Waals surface area contributed by atoms with Crippen molar-refractivity contribution in [2.75, 3.05) is 36.6 Å². The van der Waals surface area contributed by atoms with Crippen LogP contribution in [0, 0.1) is 6.92 Å². The average molecular weight is 632 g/mol. The van der Waals surface area contributed by atoms with E-state index in [2.05, 4.69) is 25.6 Å². The number of sulfonamides is 1. The van der Waals surface area contributed by atoms with Crippen molar-refractivity contribution in [1.82, 2.24) is 24.8 Å². The molecule has 4 rings (SSSR count). The number of aromatic nitrogens is 4. The second-order valence-electron chi connectivity index (χ2n) is 10.0. The molecule has 0 radical (unpaired) electrons. The summed E-state index contributed by atoms with van der Waals surface area (Å²) in [5.74, 6) is -0.188. The van der Waals surface area contributed by atoms with E-state index in [0.29, 0.717) is 41.8 Å². The molecule has 1 amide bonds. The zero-order valence-electron chi connectivity index (χ0n) is 24.5. The van der Waals surface area contributed by atoms with Gasteiger partial charge in [-0.3, -0.25) is 9.10 Å². The molecule has 0 saturated heterocycles. The van der Waals surface area contributed by atoms with Crippen LogP contribution in [0.4, 0.5) is 30.5 Å². The van der Waals surface area contributed by atoms with Gasteiger partial charge in [0.1, 0.15) is 5.75 Å². The quantitative estimate of drug-likeness (QED) is 0.236. The molecule has 0 aliphatic rings. The van der Waals surface area contributed by atoms with Crippen LogP contribution in [-0.2, 0) is 35.6 Å². The van der Waals surface area contributed by atoms with Crippen molar-refractivity contribution in [3.05, 3.63) is 89.3 Å². The van der Waals surface area contributed by atoms with Gasteiger partial charge in [0.15, 0.2) is 0 Å². The topological polar surface area (TPSA) is 131 Å². The number of imidazole rings is 1. The number of halogens is 3. The zero-order chi connectivity index (χ0) is 32.1. The minimum Gasteiger partial charge on any atom is -0.495 e. The molecule has 0 unspecified atom stereocenters. The summed E-state index contributed by atoms with van der Waals surface area (Å²) in [6.07, 6.45) is 2.06. The molecule has 0 saturated carbocycles. The Labute approximate surface area is 253 Å². The van der Waals surface area contributed by atoms with E-state index in [1.165, 1.54) is 20.2 Å². The van der Waals surface area contributed by atoms with Gasteiger partial charge < -0.3 is 19.9 Å². The van der Waals surface area contributed by atoms with Crippen LogP contribution in [-0.4, -0.2) is 60.8 Å². The summed E-state index contributed by atoms with van der Waals surface area (Å²) >= 11 is 0. The van der Waals surface area contributed by atoms with Gasteiger partial charge in [-0.15, -0.1) is 0 Å². The van der Waals surface area contributed by atoms with Gasteiger partial charge in [-0.25, -0.2) is 23.4 Å². The first-order chi connectivity index (χ1) is 20.8. The highest BCUT2D eigenvalue weighted by molar-refractivity contribution is 7.92. The molecule has 15 heteroatoms. The molecule has 2 heterocycles. The Balaban J connectivity index is 1.55. The van der Waals surface area contributed by atoms with Crippen molar-refractivity contribution in [2.24, 2.45) is 0 Å². The Morgan fingerprint density at radius 2 is 1.91 bits per heavy atom. The summed E-state index contributed by atoms with van der Waals surface area (Å²) < 4.78 is 74.4. The van der Waals surface area contributed by atoms with Crippen LogP contribution in [0.5, 0.6) is 5.75 Å². The van der Waals surface area contributed by atoms with Crippen molar-refractivity contribution >= 4 is 33.3 Å². The number of aryl methyl sites for hydroxylation is 3. The molecule has 0 aliphatic heterocycles. The number of methoxy groups -OCH3 is 1. The Morgan fingerprint density at radius 1 is 1.14 bits per heavy atom. The fourth-order valence-corrected chi connectivity index (χ4v) is 4.92. The third-order valence-corrected chi connectivity index (χ3v) is 8.00. The van der Waals surface area contributed by atoms with Crippen LogP contribution in [0.3, 0.4) is 0 Å². The fourth-order valence-electron chi connectivity index (χ4n) is 4.39. The Hall–Kier alpha value is -4.66. The lowest BCUT2D eigenvalue weighted by atomic mass is 10.0. The second-order valence-corrected chi connectivity index (χ2v) is 12.0. The summed E-state index contributed by atoms with van der Waals surface area (Å²) in [6, 6.07) is 9.72. The number of nitrogens with one attached hydrogen (secondary N) is 2. The molecule has 0 fully saturated rings. The maximum atomic E-state index is 13.9. The van der Waals surface area contributed by atoms with E-state index in [0.717, 1.165) is 16.1 Å². The molecule has 0 bridgehead atoms. The van der Waals surface area contributed by atoms with Crippen molar-refractivity contribution in [3.63, 3.8) is 0 Å². The van der Waals surface area contributed by atoms with Crippen LogP contribution >= 0.6 is 0 Å². The number of alkyl halides is 3. The first-order valence-corrected chi connectivity index (χ1v) is 15.3. The zero-order valence-corrected chi connectivity index (χ0v) is 25.3. The first kappa shape index (κ1) is 32.3. The number of benzene rings is 2. The first-order valence-electron chi connectivity index (χ1n) is 13.4. The second kappa shape index (κ2) is 13.3. The normalized spacial score (nSPS) is 11.7. The maximum Gasteiger partial charge on any atom is 0.419 e. The highest BCUT2D eigenvalue weighted by atomic mass is 32.2. The van der Waals surface area contributed by atoms with E-state index in [9.17, 15) is 26.4 Å². The smallest absolute Gasteiger partial charge is 0.419 e. The predicted octanol–water partition coefficient (Wildman–Crippen LogP) is 4.36. The van der Waals surface area contributed by atoms with Gasteiger partial charge in [0, 0.05) is 44.3 Å². The third-order valence-electron chi connectivity index (χ3n) is 6.81. The summed E-state index contributed by atoms with van der Waals surface area (Å²) in [4.78, 5) is 24.6. The molecule has 2 N–H and O–H groups in total. The highest BCUT2D eigenvalue weighted by Crippen LogP contribution is 2.34. The van der Waals surface area contributed by atoms with E-state index < -0.39 is 21.8 Å². The third kappa shape index (κ3) is 8.03. The number of carbonyl (C=O) groups excluding carboxylic acids is 1. The van der Waals surface area contributed by atoms with Crippen molar-refractivity contribution in [3.8, 4) is 5.75 Å². The molecular formula is C29H32F3N7O4S. The van der Waals surface area contributed by atoms with Crippen LogP contribution in [0.2, 0.25) is 0 Å². The minimum absolute atomic E-state index is 0.0863. The number of hydrogen-bond acceptors (Lipinski definition) is 8. The monoisotopic (exact) mass is 631 g/mol. The van der Waals surface area contributed by atoms with Gasteiger partial charge in [-0.1, -0.05) is 12.1 Å². The van der Waals surface area contributed by atoms with E-state index in [4.69, 9.17) is 4.74 Å². The summed E-state index contributed by atoms with van der Waals surface area (Å²) in [5.41, 5.74) is 1.12. The lowest BCUT2D eigenvalue weighted by Gasteiger charge is -2.21. The molecule has 0 spiro atoms. The molecule has 4 aromatic rings. The maximum absolute atomic E-state index is 13.9. The van der Waals surface area contributed by atoms with E-state index in [1.807, 2.05) is 4.57 Å². The molecule has 0 atom stereocenters. The van der Waals surface area contributed by atoms with Gasteiger partial charge in [0.25, 0.3) is 5.91 Å². The van der Waals surface area contributed by atoms with Crippen LogP contribution in [0.15, 0.2) is 61.3 Å². The fraction of sp³-hybridized carbons (Fsp3) is 0.310. The summed E-state index contributed by atoms with van der Waals surface area (Å²) in [7, 11) is -0.813. The van der Waals surface area contributed by atoms with Gasteiger partial charge in [0.05, 0.1) is 42.3 Å². The number of amides is 1. The Kier molecular flexibility index (Phi) is 9.77. The highest BCUT2D eigenvalue weighted by Gasteiger charge is 2.35. The minimum atomic E-state index is -4.71. The number of ether oxygens (including phenoxy) is 1. The molecular weight excluding hydrogens is 599 g/mol. The van der Waals surface area contributed by atoms with E-state index in [1.54, 1.807) is 56.0 Å². The number of rotatable bonds is 12. The lowest BCUT2D eigenvalue weighted by molar-refractivity contribution is -0.138. The Bertz CT molecular complexity index is 1730. The lowest BCUT2D eigenvalue weighted by Crippen LogP contribution is -2.27. The average Bonchev–Trinajstić information content (AvgIpc) is 3.49. The molecule has 11 nitrogen and oxygen atoms in total. The van der Waals surface area contributed by atoms with E-state index in [-0.39, 0.29) is 36.1 Å². The van der Waals surface area contributed by atoms with Crippen molar-refractivity contribution in [1.29, 1.82) is 0 Å². The molecule has 2 aromatic heterocycles. The standard InChI is InChI=1S/C29H32F3N7O4S/c1-19-5-6-20(25(15-19)38(2)44(4,41)42)7-9-23-22(29(30,31)32)17-35-28(36-23)37-24-10-8-21(16-26(24)43-3)27(40)34-12-14-39-13-11-33-18-39/h5-6,8,10-11,13,15-18H,7,9,12,14H2,1-4H3,(H,34,40)(H,35,36,37). The van der Waals surface area contributed by atoms with Crippen molar-refractivity contribution < 1.29 is 31.1 Å². The van der Waals surface area contributed by atoms with Crippen LogP contribution < -0.4 is 19.7 Å². The largest absolute Gasteiger partial charge is 0.495 e. The number of hydrogen-bond donors (Lipinski definition) is 2. The van der Waals surface area contributed by atoms with Gasteiger partial charge in [-0.2, -0.15) is 13.2 Å². The van der Waals surface area contributed by atoms with Gasteiger partial charge >= 0.3 is 6.18 Å². The molecule has 44 heavy (non-hydrogen) atoms. The van der Waals surface area contributed by atoms with Gasteiger partial charge in [0.2, 0.25) is 16.0 Å². The van der Waals surface area contributed by atoms with E-state index >= 15 is 0 Å². The predicted molar refractivity (Wildman–Crippen MR) is 160 cm³/mol. The van der Waals surface area contributed by atoms with Crippen LogP contribution in [0.1, 0.15) is 32.7 Å². The number of anilines is 3. The molecule has 234 valence electrons. The molecule has 0 aliphatic carbocycles. The molecule has 2 aromatic carbocycles. The summed E-state index contributed by atoms with van der Waals surface area (Å²) in [5, 5.41) is 5.69. The Morgan fingerprint density at radius 3 is 2.57 bits per heavy atom. The number of carbonyl (C=O) groups is 1. The van der Waals surface area contributed by atoms with Crippen molar-refractivity contribution in [2.45, 2.75) is 32.5 Å². The van der Waals surface area contributed by atoms with Gasteiger partial charge in [-0.05, 0) is 55.2 Å². The van der Waals surface area contributed by atoms with Crippen LogP contribution in [0.25, 0.3) is 0 Å². The number of nitrogens with zero attached hydrogens (tertiary/aromatic N) is 5. The SMILES string of the molecule is COc1cc(C(=O)NCCn2ccnc2)ccc1Nc1ncc(C(F)(F)F)c(CCc2ccc(C)cc2N(C)S(C)(=O)=O)n1. The summed E-state index contributed by atoms with van der Waals surface area (Å²) in [6.45, 7) is 2.70.